The molecule has 1 aromatic rings. The fourth-order valence-corrected chi connectivity index (χ4v) is 5.00. The predicted molar refractivity (Wildman–Crippen MR) is 77.4 cm³/mol. The molecule has 20 heavy (non-hydrogen) atoms. The van der Waals surface area contributed by atoms with Crippen molar-refractivity contribution in [3.05, 3.63) is 22.8 Å². The van der Waals surface area contributed by atoms with Gasteiger partial charge in [-0.1, -0.05) is 0 Å². The highest BCUT2D eigenvalue weighted by atomic mass is 32.2. The Hall–Kier alpha value is -1.01. The fourth-order valence-electron chi connectivity index (χ4n) is 3.27. The molecule has 1 aliphatic carbocycles. The monoisotopic (exact) mass is 295 g/mol. The van der Waals surface area contributed by atoms with Crippen LogP contribution in [0.3, 0.4) is 0 Å². The summed E-state index contributed by atoms with van der Waals surface area (Å²) in [4.78, 5) is 9.26. The predicted octanol–water partition coefficient (Wildman–Crippen LogP) is 0.751. The van der Waals surface area contributed by atoms with Gasteiger partial charge in [0.1, 0.15) is 5.82 Å². The molecule has 3 rings (SSSR count). The van der Waals surface area contributed by atoms with Crippen LogP contribution in [0, 0.1) is 12.8 Å². The average molecular weight is 295 g/mol. The minimum atomic E-state index is -2.89. The van der Waals surface area contributed by atoms with Crippen LogP contribution in [0.15, 0.2) is 0 Å². The van der Waals surface area contributed by atoms with Gasteiger partial charge in [-0.15, -0.1) is 0 Å². The van der Waals surface area contributed by atoms with Crippen LogP contribution in [-0.4, -0.2) is 36.4 Å². The van der Waals surface area contributed by atoms with Crippen molar-refractivity contribution in [2.45, 2.75) is 38.5 Å². The first-order valence-corrected chi connectivity index (χ1v) is 9.07. The molecule has 0 bridgehead atoms. The Morgan fingerprint density at radius 3 is 2.75 bits per heavy atom. The van der Waals surface area contributed by atoms with Crippen molar-refractivity contribution >= 4 is 9.84 Å². The van der Waals surface area contributed by atoms with Crippen LogP contribution in [-0.2, 0) is 22.7 Å². The van der Waals surface area contributed by atoms with E-state index in [1.807, 2.05) is 6.92 Å². The highest BCUT2D eigenvalue weighted by molar-refractivity contribution is 7.91. The van der Waals surface area contributed by atoms with Gasteiger partial charge in [-0.2, -0.15) is 0 Å². The second-order valence-corrected chi connectivity index (χ2v) is 8.27. The van der Waals surface area contributed by atoms with Crippen LogP contribution in [0.2, 0.25) is 0 Å². The summed E-state index contributed by atoms with van der Waals surface area (Å²) >= 11 is 0. The van der Waals surface area contributed by atoms with Gasteiger partial charge < -0.3 is 5.73 Å². The summed E-state index contributed by atoms with van der Waals surface area (Å²) in [6.07, 6.45) is 3.63. The van der Waals surface area contributed by atoms with Crippen LogP contribution in [0.4, 0.5) is 0 Å². The van der Waals surface area contributed by atoms with Crippen LogP contribution in [0.5, 0.6) is 0 Å². The maximum absolute atomic E-state index is 11.6. The number of nitrogens with two attached hydrogens (primary N) is 1. The maximum atomic E-state index is 11.6. The van der Waals surface area contributed by atoms with E-state index in [0.717, 1.165) is 36.5 Å². The van der Waals surface area contributed by atoms with Crippen LogP contribution >= 0.6 is 0 Å². The average Bonchev–Trinajstić information content (AvgIpc) is 2.78. The van der Waals surface area contributed by atoms with E-state index < -0.39 is 9.84 Å². The largest absolute Gasteiger partial charge is 0.330 e. The first-order valence-electron chi connectivity index (χ1n) is 7.25. The summed E-state index contributed by atoms with van der Waals surface area (Å²) in [5, 5.41) is 0. The topological polar surface area (TPSA) is 85.9 Å². The van der Waals surface area contributed by atoms with Crippen LogP contribution in [0.25, 0.3) is 0 Å². The Morgan fingerprint density at radius 2 is 2.10 bits per heavy atom. The van der Waals surface area contributed by atoms with Gasteiger partial charge in [0.2, 0.25) is 0 Å². The zero-order valence-electron chi connectivity index (χ0n) is 11.8. The summed E-state index contributed by atoms with van der Waals surface area (Å²) < 4.78 is 23.2. The standard InChI is InChI=1S/C14H21N3O2S/c1-9-12-6-10(7-15)2-3-13(12)17-14(16-9)11-4-5-20(18,19)8-11/h10-11H,2-8,15H2,1H3. The molecule has 0 radical (unpaired) electrons. The quantitative estimate of drug-likeness (QED) is 0.870. The van der Waals surface area contributed by atoms with Gasteiger partial charge in [-0.05, 0) is 50.6 Å². The number of aromatic nitrogens is 2. The molecule has 2 atom stereocenters. The van der Waals surface area contributed by atoms with E-state index in [2.05, 4.69) is 9.97 Å². The number of nitrogens with zero attached hydrogens (tertiary/aromatic N) is 2. The number of sulfone groups is 1. The third-order valence-electron chi connectivity index (χ3n) is 4.53. The van der Waals surface area contributed by atoms with Crippen molar-refractivity contribution in [3.63, 3.8) is 0 Å². The summed E-state index contributed by atoms with van der Waals surface area (Å²) in [5.41, 5.74) is 9.11. The number of rotatable bonds is 2. The Balaban J connectivity index is 1.91. The van der Waals surface area contributed by atoms with E-state index in [4.69, 9.17) is 5.73 Å². The molecule has 2 aliphatic rings. The zero-order chi connectivity index (χ0) is 14.3. The lowest BCUT2D eigenvalue weighted by Crippen LogP contribution is -2.25. The van der Waals surface area contributed by atoms with E-state index in [0.29, 0.717) is 18.9 Å². The van der Waals surface area contributed by atoms with Crippen molar-refractivity contribution in [2.75, 3.05) is 18.1 Å². The highest BCUT2D eigenvalue weighted by Gasteiger charge is 2.32. The Morgan fingerprint density at radius 1 is 1.30 bits per heavy atom. The van der Waals surface area contributed by atoms with Gasteiger partial charge in [0.05, 0.1) is 11.5 Å². The van der Waals surface area contributed by atoms with Gasteiger partial charge in [-0.25, -0.2) is 18.4 Å². The van der Waals surface area contributed by atoms with Crippen molar-refractivity contribution < 1.29 is 8.42 Å². The molecule has 2 N–H and O–H groups in total. The van der Waals surface area contributed by atoms with E-state index in [-0.39, 0.29) is 17.4 Å². The van der Waals surface area contributed by atoms with Gasteiger partial charge in [0.25, 0.3) is 0 Å². The molecule has 5 nitrogen and oxygen atoms in total. The molecule has 2 heterocycles. The Kier molecular flexibility index (Phi) is 3.54. The SMILES string of the molecule is Cc1nc(C2CCS(=O)(=O)C2)nc2c1CC(CN)CC2. The molecule has 2 unspecified atom stereocenters. The third-order valence-corrected chi connectivity index (χ3v) is 6.30. The molecule has 0 amide bonds. The first kappa shape index (κ1) is 13.9. The van der Waals surface area contributed by atoms with Gasteiger partial charge in [-0.3, -0.25) is 0 Å². The van der Waals surface area contributed by atoms with E-state index in [1.165, 1.54) is 5.56 Å². The molecular formula is C14H21N3O2S. The second-order valence-electron chi connectivity index (χ2n) is 6.04. The minimum Gasteiger partial charge on any atom is -0.330 e. The second kappa shape index (κ2) is 5.07. The molecule has 1 aliphatic heterocycles. The maximum Gasteiger partial charge on any atom is 0.151 e. The van der Waals surface area contributed by atoms with Crippen LogP contribution in [0.1, 0.15) is 41.5 Å². The molecule has 110 valence electrons. The summed E-state index contributed by atoms with van der Waals surface area (Å²) in [6, 6.07) is 0. The van der Waals surface area contributed by atoms with Crippen molar-refractivity contribution in [3.8, 4) is 0 Å². The molecule has 0 aromatic carbocycles. The highest BCUT2D eigenvalue weighted by Crippen LogP contribution is 2.30. The smallest absolute Gasteiger partial charge is 0.151 e. The number of hydrogen-bond acceptors (Lipinski definition) is 5. The van der Waals surface area contributed by atoms with Crippen molar-refractivity contribution in [1.82, 2.24) is 9.97 Å². The summed E-state index contributed by atoms with van der Waals surface area (Å²) in [7, 11) is -2.89. The van der Waals surface area contributed by atoms with Crippen LogP contribution < -0.4 is 5.73 Å². The zero-order valence-corrected chi connectivity index (χ0v) is 12.6. The first-order chi connectivity index (χ1) is 9.48. The summed E-state index contributed by atoms with van der Waals surface area (Å²) in [6.45, 7) is 2.72. The van der Waals surface area contributed by atoms with E-state index >= 15 is 0 Å². The lowest BCUT2D eigenvalue weighted by atomic mass is 9.85. The van der Waals surface area contributed by atoms with Gasteiger partial charge in [0, 0.05) is 17.3 Å². The lowest BCUT2D eigenvalue weighted by molar-refractivity contribution is 0.457. The molecule has 1 aromatic heterocycles. The lowest BCUT2D eigenvalue weighted by Gasteiger charge is -2.24. The molecular weight excluding hydrogens is 274 g/mol. The van der Waals surface area contributed by atoms with Gasteiger partial charge in [0.15, 0.2) is 9.84 Å². The van der Waals surface area contributed by atoms with Gasteiger partial charge >= 0.3 is 0 Å². The summed E-state index contributed by atoms with van der Waals surface area (Å²) in [5.74, 6) is 1.72. The normalized spacial score (nSPS) is 28.3. The van der Waals surface area contributed by atoms with E-state index in [1.54, 1.807) is 0 Å². The minimum absolute atomic E-state index is 0.0174. The number of aryl methyl sites for hydroxylation is 2. The molecule has 0 spiro atoms. The third kappa shape index (κ3) is 2.59. The molecule has 6 heteroatoms. The van der Waals surface area contributed by atoms with Crippen molar-refractivity contribution in [2.24, 2.45) is 11.7 Å². The number of hydrogen-bond donors (Lipinski definition) is 1. The molecule has 1 saturated heterocycles. The Bertz CT molecular complexity index is 628. The molecule has 0 saturated carbocycles. The fraction of sp³-hybridized carbons (Fsp3) is 0.714. The van der Waals surface area contributed by atoms with Crippen molar-refractivity contribution in [1.29, 1.82) is 0 Å². The van der Waals surface area contributed by atoms with E-state index in [9.17, 15) is 8.42 Å². The molecule has 1 fully saturated rings. The Labute approximate surface area is 119 Å². The number of fused-ring (bicyclic) bond motifs is 1.